The van der Waals surface area contributed by atoms with Crippen LogP contribution in [-0.2, 0) is 0 Å². The molecule has 2 saturated heterocycles. The monoisotopic (exact) mass is 289 g/mol. The maximum Gasteiger partial charge on any atom is 0.317 e. The van der Waals surface area contributed by atoms with Crippen molar-refractivity contribution in [3.8, 4) is 0 Å². The first-order valence-corrected chi connectivity index (χ1v) is 9.26. The fraction of sp³-hybridized carbons (Fsp3) is 0.917. The van der Waals surface area contributed by atoms with Crippen LogP contribution in [0.25, 0.3) is 0 Å². The molecule has 1 unspecified atom stereocenters. The summed E-state index contributed by atoms with van der Waals surface area (Å²) in [6.45, 7) is 4.34. The summed E-state index contributed by atoms with van der Waals surface area (Å²) >= 11 is 0. The van der Waals surface area contributed by atoms with Gasteiger partial charge in [-0.25, -0.2) is 4.79 Å². The minimum atomic E-state index is 0.113. The van der Waals surface area contributed by atoms with Crippen molar-refractivity contribution in [1.29, 1.82) is 0 Å². The Labute approximate surface area is 117 Å². The van der Waals surface area contributed by atoms with Gasteiger partial charge in [-0.15, -0.1) is 0 Å². The topological polar surface area (TPSA) is 44.4 Å². The van der Waals surface area contributed by atoms with Gasteiger partial charge in [0.25, 0.3) is 0 Å². The number of hydrogen-bond acceptors (Lipinski definition) is 4. The molecule has 0 bridgehead atoms. The highest BCUT2D eigenvalue weighted by Crippen LogP contribution is 2.39. The third-order valence-electron chi connectivity index (χ3n) is 3.36. The van der Waals surface area contributed by atoms with Crippen molar-refractivity contribution in [2.24, 2.45) is 0 Å². The zero-order valence-electron chi connectivity index (χ0n) is 10.8. The Balaban J connectivity index is 1.48. The van der Waals surface area contributed by atoms with Gasteiger partial charge >= 0.3 is 6.03 Å². The normalized spacial score (nSPS) is 24.2. The summed E-state index contributed by atoms with van der Waals surface area (Å²) < 4.78 is 0. The number of nitrogens with one attached hydrogen (secondary N) is 2. The first kappa shape index (κ1) is 14.3. The number of urea groups is 1. The van der Waals surface area contributed by atoms with Crippen LogP contribution in [0.4, 0.5) is 4.79 Å². The zero-order valence-corrected chi connectivity index (χ0v) is 12.5. The molecule has 0 radical (unpaired) electrons. The molecule has 0 aromatic heterocycles. The van der Waals surface area contributed by atoms with E-state index in [0.717, 1.165) is 44.4 Å². The molecule has 0 saturated carbocycles. The Hall–Kier alpha value is -0.0700. The zero-order chi connectivity index (χ0) is 12.6. The summed E-state index contributed by atoms with van der Waals surface area (Å²) in [4.78, 5) is 13.7. The Morgan fingerprint density at radius 2 is 2.17 bits per heavy atom. The molecule has 2 heterocycles. The van der Waals surface area contributed by atoms with Crippen molar-refractivity contribution in [2.75, 3.05) is 38.5 Å². The largest absolute Gasteiger partial charge is 0.338 e. The first-order valence-electron chi connectivity index (χ1n) is 6.88. The van der Waals surface area contributed by atoms with E-state index in [1.165, 1.54) is 25.0 Å². The van der Waals surface area contributed by atoms with E-state index in [1.807, 2.05) is 26.5 Å². The summed E-state index contributed by atoms with van der Waals surface area (Å²) in [7, 11) is 4.05. The SMILES string of the molecule is O=C(NCCCCC1CCSS1)N1CCNCC1. The Morgan fingerprint density at radius 1 is 1.33 bits per heavy atom. The molecule has 0 aliphatic carbocycles. The number of amides is 2. The molecule has 2 aliphatic rings. The summed E-state index contributed by atoms with van der Waals surface area (Å²) in [6.07, 6.45) is 5.02. The van der Waals surface area contributed by atoms with Gasteiger partial charge in [0.05, 0.1) is 0 Å². The Kier molecular flexibility index (Phi) is 6.51. The third kappa shape index (κ3) is 4.90. The molecule has 104 valence electrons. The van der Waals surface area contributed by atoms with Crippen molar-refractivity contribution in [2.45, 2.75) is 30.9 Å². The van der Waals surface area contributed by atoms with Crippen LogP contribution in [0.15, 0.2) is 0 Å². The molecule has 2 rings (SSSR count). The number of unbranched alkanes of at least 4 members (excludes halogenated alkanes) is 1. The average molecular weight is 289 g/mol. The third-order valence-corrected chi connectivity index (χ3v) is 6.37. The minimum absolute atomic E-state index is 0.113. The lowest BCUT2D eigenvalue weighted by molar-refractivity contribution is 0.190. The molecular weight excluding hydrogens is 266 g/mol. The van der Waals surface area contributed by atoms with E-state index in [2.05, 4.69) is 10.6 Å². The maximum atomic E-state index is 11.8. The lowest BCUT2D eigenvalue weighted by Gasteiger charge is -2.27. The molecule has 0 aromatic carbocycles. The lowest BCUT2D eigenvalue weighted by Crippen LogP contribution is -2.50. The molecular formula is C12H23N3OS2. The summed E-state index contributed by atoms with van der Waals surface area (Å²) in [5.41, 5.74) is 0. The number of rotatable bonds is 5. The van der Waals surface area contributed by atoms with Crippen molar-refractivity contribution < 1.29 is 4.79 Å². The summed E-state index contributed by atoms with van der Waals surface area (Å²) in [6, 6.07) is 0.113. The molecule has 18 heavy (non-hydrogen) atoms. The molecule has 2 aliphatic heterocycles. The maximum absolute atomic E-state index is 11.8. The molecule has 2 fully saturated rings. The number of carbonyl (C=O) groups excluding carboxylic acids is 1. The van der Waals surface area contributed by atoms with Crippen LogP contribution in [0.2, 0.25) is 0 Å². The van der Waals surface area contributed by atoms with E-state index in [0.29, 0.717) is 0 Å². The highest BCUT2D eigenvalue weighted by Gasteiger charge is 2.16. The van der Waals surface area contributed by atoms with Gasteiger partial charge in [0.15, 0.2) is 0 Å². The van der Waals surface area contributed by atoms with Crippen LogP contribution < -0.4 is 10.6 Å². The van der Waals surface area contributed by atoms with Gasteiger partial charge in [-0.2, -0.15) is 0 Å². The van der Waals surface area contributed by atoms with Gasteiger partial charge in [-0.3, -0.25) is 0 Å². The van der Waals surface area contributed by atoms with Crippen molar-refractivity contribution in [3.05, 3.63) is 0 Å². The predicted octanol–water partition coefficient (Wildman–Crippen LogP) is 1.93. The number of hydrogen-bond donors (Lipinski definition) is 2. The Bertz CT molecular complexity index is 254. The Morgan fingerprint density at radius 3 is 2.89 bits per heavy atom. The first-order chi connectivity index (χ1) is 8.86. The fourth-order valence-electron chi connectivity index (χ4n) is 2.24. The lowest BCUT2D eigenvalue weighted by atomic mass is 10.1. The number of nitrogens with zero attached hydrogens (tertiary/aromatic N) is 1. The van der Waals surface area contributed by atoms with Crippen LogP contribution in [-0.4, -0.2) is 54.7 Å². The molecule has 2 N–H and O–H groups in total. The van der Waals surface area contributed by atoms with Crippen molar-refractivity contribution in [1.82, 2.24) is 15.5 Å². The second kappa shape index (κ2) is 8.17. The quantitative estimate of drug-likeness (QED) is 0.599. The summed E-state index contributed by atoms with van der Waals surface area (Å²) in [5, 5.41) is 7.14. The van der Waals surface area contributed by atoms with Crippen molar-refractivity contribution in [3.63, 3.8) is 0 Å². The standard InChI is InChI=1S/C12H23N3OS2/c16-12(15-8-6-13-7-9-15)14-5-2-1-3-11-4-10-17-18-11/h11,13H,1-10H2,(H,14,16). The van der Waals surface area contributed by atoms with Gasteiger partial charge < -0.3 is 15.5 Å². The van der Waals surface area contributed by atoms with Crippen molar-refractivity contribution >= 4 is 27.6 Å². The number of carbonyl (C=O) groups is 1. The van der Waals surface area contributed by atoms with Crippen LogP contribution in [0, 0.1) is 0 Å². The fourth-order valence-corrected chi connectivity index (χ4v) is 5.26. The average Bonchev–Trinajstić information content (AvgIpc) is 2.92. The van der Waals surface area contributed by atoms with Crippen LogP contribution in [0.1, 0.15) is 25.7 Å². The molecule has 0 aromatic rings. The van der Waals surface area contributed by atoms with Crippen LogP contribution in [0.3, 0.4) is 0 Å². The summed E-state index contributed by atoms with van der Waals surface area (Å²) in [5.74, 6) is 1.31. The van der Waals surface area contributed by atoms with Gasteiger partial charge in [0.1, 0.15) is 0 Å². The van der Waals surface area contributed by atoms with E-state index in [9.17, 15) is 4.79 Å². The van der Waals surface area contributed by atoms with Gasteiger partial charge in [0.2, 0.25) is 0 Å². The van der Waals surface area contributed by atoms with Crippen LogP contribution in [0.5, 0.6) is 0 Å². The van der Waals surface area contributed by atoms with Crippen LogP contribution >= 0.6 is 21.6 Å². The second-order valence-electron chi connectivity index (χ2n) is 4.79. The molecule has 1 atom stereocenters. The molecule has 4 nitrogen and oxygen atoms in total. The molecule has 0 spiro atoms. The van der Waals surface area contributed by atoms with E-state index in [-0.39, 0.29) is 6.03 Å². The smallest absolute Gasteiger partial charge is 0.317 e. The highest BCUT2D eigenvalue weighted by molar-refractivity contribution is 8.77. The highest BCUT2D eigenvalue weighted by atomic mass is 33.1. The van der Waals surface area contributed by atoms with Gasteiger partial charge in [-0.05, 0) is 19.3 Å². The van der Waals surface area contributed by atoms with E-state index < -0.39 is 0 Å². The molecule has 2 amide bonds. The van der Waals surface area contributed by atoms with Gasteiger partial charge in [-0.1, -0.05) is 28.0 Å². The molecule has 6 heteroatoms. The van der Waals surface area contributed by atoms with E-state index in [4.69, 9.17) is 0 Å². The van der Waals surface area contributed by atoms with E-state index >= 15 is 0 Å². The number of piperazine rings is 1. The minimum Gasteiger partial charge on any atom is -0.338 e. The van der Waals surface area contributed by atoms with E-state index in [1.54, 1.807) is 0 Å². The predicted molar refractivity (Wildman–Crippen MR) is 80.1 cm³/mol. The second-order valence-corrected chi connectivity index (χ2v) is 7.58. The van der Waals surface area contributed by atoms with Gasteiger partial charge in [0, 0.05) is 43.7 Å².